The summed E-state index contributed by atoms with van der Waals surface area (Å²) in [7, 11) is 0. The zero-order chi connectivity index (χ0) is 17.7. The Labute approximate surface area is 160 Å². The Morgan fingerprint density at radius 1 is 0.654 bits per heavy atom. The van der Waals surface area contributed by atoms with Crippen LogP contribution < -0.4 is 0 Å². The van der Waals surface area contributed by atoms with Crippen molar-refractivity contribution in [1.29, 1.82) is 0 Å². The van der Waals surface area contributed by atoms with Crippen molar-refractivity contribution in [3.05, 3.63) is 95.0 Å². The van der Waals surface area contributed by atoms with Gasteiger partial charge in [-0.1, -0.05) is 78.3 Å². The summed E-state index contributed by atoms with van der Waals surface area (Å²) in [4.78, 5) is 15.4. The molecule has 0 bridgehead atoms. The van der Waals surface area contributed by atoms with Crippen LogP contribution in [-0.2, 0) is 0 Å². The molecule has 0 amide bonds. The van der Waals surface area contributed by atoms with E-state index >= 15 is 0 Å². The highest BCUT2D eigenvalue weighted by Gasteiger charge is 2.34. The highest BCUT2D eigenvalue weighted by Crippen LogP contribution is 2.52. The highest BCUT2D eigenvalue weighted by atomic mass is 35.5. The van der Waals surface area contributed by atoms with Gasteiger partial charge in [-0.15, -0.1) is 11.3 Å². The molecule has 1 aliphatic rings. The van der Waals surface area contributed by atoms with Crippen LogP contribution >= 0.6 is 22.9 Å². The third-order valence-corrected chi connectivity index (χ3v) is 6.23. The van der Waals surface area contributed by atoms with E-state index in [0.717, 1.165) is 37.6 Å². The molecule has 0 radical (unpaired) electrons. The van der Waals surface area contributed by atoms with E-state index in [-0.39, 0.29) is 5.78 Å². The second-order valence-electron chi connectivity index (χ2n) is 6.26. The van der Waals surface area contributed by atoms with Crippen LogP contribution in [0.1, 0.15) is 15.9 Å². The quantitative estimate of drug-likeness (QED) is 0.327. The van der Waals surface area contributed by atoms with Crippen LogP contribution in [-0.4, -0.2) is 5.78 Å². The predicted octanol–water partition coefficient (Wildman–Crippen LogP) is 6.95. The normalized spacial score (nSPS) is 12.1. The summed E-state index contributed by atoms with van der Waals surface area (Å²) in [6, 6.07) is 26.0. The predicted molar refractivity (Wildman–Crippen MR) is 109 cm³/mol. The topological polar surface area (TPSA) is 17.1 Å². The largest absolute Gasteiger partial charge is 0.289 e. The van der Waals surface area contributed by atoms with E-state index in [2.05, 4.69) is 24.3 Å². The number of hydrogen-bond acceptors (Lipinski definition) is 2. The molecule has 1 nitrogen and oxygen atoms in total. The lowest BCUT2D eigenvalue weighted by Crippen LogP contribution is -1.96. The summed E-state index contributed by atoms with van der Waals surface area (Å²) >= 11 is 7.85. The number of carbonyl (C=O) groups is 1. The van der Waals surface area contributed by atoms with Crippen molar-refractivity contribution in [2.24, 2.45) is 0 Å². The van der Waals surface area contributed by atoms with Gasteiger partial charge in [0.2, 0.25) is 0 Å². The lowest BCUT2D eigenvalue weighted by molar-refractivity contribution is 0.104. The van der Waals surface area contributed by atoms with Crippen LogP contribution in [0.25, 0.3) is 32.0 Å². The first kappa shape index (κ1) is 15.6. The van der Waals surface area contributed by atoms with Crippen LogP contribution in [0.15, 0.2) is 78.9 Å². The first-order valence-electron chi connectivity index (χ1n) is 8.36. The molecule has 0 atom stereocenters. The maximum atomic E-state index is 13.2. The number of halogens is 1. The van der Waals surface area contributed by atoms with Gasteiger partial charge in [-0.3, -0.25) is 4.79 Å². The summed E-state index contributed by atoms with van der Waals surface area (Å²) in [6.45, 7) is 0. The van der Waals surface area contributed by atoms with Crippen LogP contribution in [0.3, 0.4) is 0 Å². The maximum absolute atomic E-state index is 13.2. The van der Waals surface area contributed by atoms with Crippen molar-refractivity contribution in [1.82, 2.24) is 0 Å². The van der Waals surface area contributed by atoms with E-state index in [1.807, 2.05) is 48.5 Å². The molecule has 3 aromatic carbocycles. The molecule has 1 heterocycles. The first-order valence-corrected chi connectivity index (χ1v) is 9.56. The number of benzene rings is 3. The Morgan fingerprint density at radius 3 is 1.85 bits per heavy atom. The molecule has 0 saturated heterocycles. The monoisotopic (exact) mass is 372 g/mol. The summed E-state index contributed by atoms with van der Waals surface area (Å²) < 4.78 is 0. The molecule has 4 aromatic rings. The van der Waals surface area contributed by atoms with Crippen LogP contribution in [0.2, 0.25) is 5.02 Å². The van der Waals surface area contributed by atoms with Crippen LogP contribution in [0, 0.1) is 0 Å². The number of thiophene rings is 1. The molecule has 0 N–H and O–H groups in total. The number of hydrogen-bond donors (Lipinski definition) is 0. The van der Waals surface area contributed by atoms with Crippen molar-refractivity contribution in [3.8, 4) is 32.0 Å². The number of ketones is 1. The van der Waals surface area contributed by atoms with Gasteiger partial charge in [0.1, 0.15) is 0 Å². The van der Waals surface area contributed by atoms with Crippen molar-refractivity contribution >= 4 is 28.7 Å². The highest BCUT2D eigenvalue weighted by molar-refractivity contribution is 7.20. The molecule has 0 fully saturated rings. The Kier molecular flexibility index (Phi) is 3.56. The van der Waals surface area contributed by atoms with Crippen LogP contribution in [0.5, 0.6) is 0 Å². The Morgan fingerprint density at radius 2 is 1.23 bits per heavy atom. The fourth-order valence-corrected chi connectivity index (χ4v) is 5.04. The van der Waals surface area contributed by atoms with Gasteiger partial charge in [0.05, 0.1) is 0 Å². The Balaban J connectivity index is 1.86. The first-order chi connectivity index (χ1) is 12.7. The number of rotatable bonds is 2. The zero-order valence-corrected chi connectivity index (χ0v) is 15.3. The molecule has 0 saturated carbocycles. The van der Waals surface area contributed by atoms with E-state index in [9.17, 15) is 4.79 Å². The second kappa shape index (κ2) is 5.94. The Hall–Kier alpha value is -2.68. The molecular formula is C23H13ClOS. The van der Waals surface area contributed by atoms with Gasteiger partial charge >= 0.3 is 0 Å². The van der Waals surface area contributed by atoms with E-state index in [1.54, 1.807) is 17.4 Å². The lowest BCUT2D eigenvalue weighted by atomic mass is 10.0. The van der Waals surface area contributed by atoms with Gasteiger partial charge in [0, 0.05) is 31.5 Å². The van der Waals surface area contributed by atoms with Gasteiger partial charge < -0.3 is 0 Å². The molecule has 0 aliphatic heterocycles. The average molecular weight is 373 g/mol. The Bertz CT molecular complexity index is 1140. The molecular weight excluding hydrogens is 360 g/mol. The molecule has 124 valence electrons. The molecule has 1 aliphatic carbocycles. The molecule has 0 spiro atoms. The van der Waals surface area contributed by atoms with Gasteiger partial charge in [0.25, 0.3) is 0 Å². The molecule has 5 rings (SSSR count). The molecule has 0 unspecified atom stereocenters. The van der Waals surface area contributed by atoms with E-state index in [0.29, 0.717) is 10.6 Å². The zero-order valence-electron chi connectivity index (χ0n) is 13.7. The summed E-state index contributed by atoms with van der Waals surface area (Å²) in [5, 5.41) is 0.591. The summed E-state index contributed by atoms with van der Waals surface area (Å²) in [6.07, 6.45) is 0. The SMILES string of the molecule is O=C1c2cc(Cl)ccc2-c2c(-c3ccccc3)sc(-c3ccccc3)c21. The maximum Gasteiger partial charge on any atom is 0.195 e. The summed E-state index contributed by atoms with van der Waals surface area (Å²) in [5.74, 6) is 0.0646. The van der Waals surface area contributed by atoms with Crippen molar-refractivity contribution in [2.45, 2.75) is 0 Å². The smallest absolute Gasteiger partial charge is 0.195 e. The third-order valence-electron chi connectivity index (χ3n) is 4.70. The standard InChI is InChI=1S/C23H13ClOS/c24-16-11-12-17-18(13-16)21(25)20-19(17)22(14-7-3-1-4-8-14)26-23(20)15-9-5-2-6-10-15/h1-13H. The fourth-order valence-electron chi connectivity index (χ4n) is 3.55. The fraction of sp³-hybridized carbons (Fsp3) is 0. The summed E-state index contributed by atoms with van der Waals surface area (Å²) in [5.41, 5.74) is 5.72. The van der Waals surface area contributed by atoms with E-state index < -0.39 is 0 Å². The molecule has 1 aromatic heterocycles. The van der Waals surface area contributed by atoms with Crippen molar-refractivity contribution < 1.29 is 4.79 Å². The van der Waals surface area contributed by atoms with Gasteiger partial charge in [0.15, 0.2) is 5.78 Å². The minimum Gasteiger partial charge on any atom is -0.289 e. The minimum absolute atomic E-state index is 0.0646. The van der Waals surface area contributed by atoms with Crippen LogP contribution in [0.4, 0.5) is 0 Å². The van der Waals surface area contributed by atoms with Gasteiger partial charge in [-0.25, -0.2) is 0 Å². The molecule has 26 heavy (non-hydrogen) atoms. The lowest BCUT2D eigenvalue weighted by Gasteiger charge is -2.04. The average Bonchev–Trinajstić information content (AvgIpc) is 3.20. The third kappa shape index (κ3) is 2.27. The van der Waals surface area contributed by atoms with E-state index in [1.165, 1.54) is 0 Å². The second-order valence-corrected chi connectivity index (χ2v) is 7.72. The molecule has 3 heteroatoms. The number of fused-ring (bicyclic) bond motifs is 3. The van der Waals surface area contributed by atoms with Gasteiger partial charge in [-0.05, 0) is 28.8 Å². The minimum atomic E-state index is 0.0646. The van der Waals surface area contributed by atoms with Gasteiger partial charge in [-0.2, -0.15) is 0 Å². The van der Waals surface area contributed by atoms with E-state index in [4.69, 9.17) is 11.6 Å². The van der Waals surface area contributed by atoms with Crippen molar-refractivity contribution in [2.75, 3.05) is 0 Å². The van der Waals surface area contributed by atoms with Crippen molar-refractivity contribution in [3.63, 3.8) is 0 Å². The number of carbonyl (C=O) groups excluding carboxylic acids is 1.